The molecule has 0 aliphatic rings. The van der Waals surface area contributed by atoms with Crippen LogP contribution in [-0.2, 0) is 11.2 Å². The minimum atomic E-state index is -0.475. The number of nitro benzene ring substituents is 1. The number of rotatable bonds is 5. The van der Waals surface area contributed by atoms with Crippen LogP contribution in [0.4, 0.5) is 5.69 Å². The molecule has 1 amide bonds. The van der Waals surface area contributed by atoms with E-state index in [-0.39, 0.29) is 18.0 Å². The number of nitrogens with zero attached hydrogens (tertiary/aromatic N) is 2. The fourth-order valence-electron chi connectivity index (χ4n) is 1.64. The molecule has 1 heterocycles. The Labute approximate surface area is 125 Å². The van der Waals surface area contributed by atoms with Gasteiger partial charge in [0.1, 0.15) is 0 Å². The number of non-ortho nitro benzene ring substituents is 1. The summed E-state index contributed by atoms with van der Waals surface area (Å²) in [5.74, 6) is -0.269. The van der Waals surface area contributed by atoms with E-state index in [9.17, 15) is 14.9 Å². The number of carbonyl (C=O) groups excluding carboxylic acids is 1. The number of benzene rings is 1. The zero-order valence-corrected chi connectivity index (χ0v) is 12.1. The molecule has 2 rings (SSSR count). The van der Waals surface area contributed by atoms with E-state index in [1.165, 1.54) is 12.1 Å². The largest absolute Gasteiger partial charge is 0.273 e. The van der Waals surface area contributed by atoms with Crippen LogP contribution in [-0.4, -0.2) is 17.0 Å². The summed E-state index contributed by atoms with van der Waals surface area (Å²) in [6, 6.07) is 7.85. The molecule has 1 aromatic heterocycles. The average Bonchev–Trinajstić information content (AvgIpc) is 2.85. The van der Waals surface area contributed by atoms with Crippen molar-refractivity contribution in [2.45, 2.75) is 13.3 Å². The van der Waals surface area contributed by atoms with E-state index in [0.717, 1.165) is 10.4 Å². The normalized spacial score (nSPS) is 10.7. The first-order valence-corrected chi connectivity index (χ1v) is 7.03. The lowest BCUT2D eigenvalue weighted by molar-refractivity contribution is -0.384. The summed E-state index contributed by atoms with van der Waals surface area (Å²) < 4.78 is 0. The molecule has 0 unspecified atom stereocenters. The van der Waals surface area contributed by atoms with Gasteiger partial charge in [0.05, 0.1) is 17.6 Å². The Balaban J connectivity index is 1.88. The van der Waals surface area contributed by atoms with E-state index >= 15 is 0 Å². The predicted octanol–water partition coefficient (Wildman–Crippen LogP) is 2.66. The second-order valence-electron chi connectivity index (χ2n) is 4.36. The fourth-order valence-corrected chi connectivity index (χ4v) is 2.43. The topological polar surface area (TPSA) is 84.6 Å². The maximum atomic E-state index is 11.7. The van der Waals surface area contributed by atoms with Crippen LogP contribution in [0.5, 0.6) is 0 Å². The highest BCUT2D eigenvalue weighted by molar-refractivity contribution is 7.11. The number of carbonyl (C=O) groups is 1. The van der Waals surface area contributed by atoms with E-state index in [1.807, 2.05) is 18.4 Å². The van der Waals surface area contributed by atoms with Crippen LogP contribution in [0.25, 0.3) is 0 Å². The number of thiophene rings is 1. The van der Waals surface area contributed by atoms with Crippen LogP contribution >= 0.6 is 11.3 Å². The van der Waals surface area contributed by atoms with Crippen molar-refractivity contribution in [2.75, 3.05) is 0 Å². The maximum Gasteiger partial charge on any atom is 0.269 e. The average molecular weight is 303 g/mol. The zero-order valence-electron chi connectivity index (χ0n) is 11.3. The van der Waals surface area contributed by atoms with Gasteiger partial charge in [0.2, 0.25) is 5.91 Å². The summed E-state index contributed by atoms with van der Waals surface area (Å²) >= 11 is 1.55. The zero-order chi connectivity index (χ0) is 15.2. The Morgan fingerprint density at radius 3 is 2.67 bits per heavy atom. The quantitative estimate of drug-likeness (QED) is 0.523. The molecule has 0 aliphatic carbocycles. The van der Waals surface area contributed by atoms with Gasteiger partial charge in [-0.15, -0.1) is 11.3 Å². The molecule has 108 valence electrons. The molecule has 0 radical (unpaired) electrons. The van der Waals surface area contributed by atoms with Crippen LogP contribution in [0.1, 0.15) is 16.0 Å². The van der Waals surface area contributed by atoms with E-state index in [1.54, 1.807) is 29.7 Å². The molecule has 0 bridgehead atoms. The van der Waals surface area contributed by atoms with Gasteiger partial charge in [0.25, 0.3) is 5.69 Å². The SMILES string of the molecule is Cc1ccsc1/C=N\NC(=O)Cc1ccc([N+](=O)[O-])cc1. The first kappa shape index (κ1) is 14.9. The van der Waals surface area contributed by atoms with Crippen LogP contribution in [0.2, 0.25) is 0 Å². The van der Waals surface area contributed by atoms with Crippen molar-refractivity contribution >= 4 is 29.1 Å². The first-order valence-electron chi connectivity index (χ1n) is 6.15. The first-order chi connectivity index (χ1) is 10.1. The van der Waals surface area contributed by atoms with Gasteiger partial charge in [-0.25, -0.2) is 5.43 Å². The van der Waals surface area contributed by atoms with Crippen molar-refractivity contribution in [2.24, 2.45) is 5.10 Å². The lowest BCUT2D eigenvalue weighted by Gasteiger charge is -2.00. The van der Waals surface area contributed by atoms with Crippen molar-refractivity contribution < 1.29 is 9.72 Å². The number of aryl methyl sites for hydroxylation is 1. The van der Waals surface area contributed by atoms with Gasteiger partial charge in [-0.05, 0) is 29.5 Å². The Kier molecular flexibility index (Phi) is 4.78. The number of nitrogens with one attached hydrogen (secondary N) is 1. The molecule has 6 nitrogen and oxygen atoms in total. The fraction of sp³-hybridized carbons (Fsp3) is 0.143. The van der Waals surface area contributed by atoms with Gasteiger partial charge in [0, 0.05) is 17.0 Å². The second kappa shape index (κ2) is 6.76. The predicted molar refractivity (Wildman–Crippen MR) is 81.6 cm³/mol. The van der Waals surface area contributed by atoms with E-state index < -0.39 is 4.92 Å². The highest BCUT2D eigenvalue weighted by Crippen LogP contribution is 2.13. The molecule has 0 saturated heterocycles. The minimum absolute atomic E-state index is 0.00495. The summed E-state index contributed by atoms with van der Waals surface area (Å²) in [4.78, 5) is 22.7. The number of hydrogen-bond acceptors (Lipinski definition) is 5. The van der Waals surface area contributed by atoms with Gasteiger partial charge in [0.15, 0.2) is 0 Å². The van der Waals surface area contributed by atoms with Gasteiger partial charge in [-0.3, -0.25) is 14.9 Å². The summed E-state index contributed by atoms with van der Waals surface area (Å²) in [5.41, 5.74) is 4.24. The molecule has 1 N–H and O–H groups in total. The molecule has 0 atom stereocenters. The molecule has 0 fully saturated rings. The molecule has 2 aromatic rings. The van der Waals surface area contributed by atoms with Gasteiger partial charge < -0.3 is 0 Å². The smallest absolute Gasteiger partial charge is 0.269 e. The molecule has 0 aliphatic heterocycles. The number of hydrazone groups is 1. The molecule has 7 heteroatoms. The van der Waals surface area contributed by atoms with Crippen molar-refractivity contribution in [3.8, 4) is 0 Å². The Morgan fingerprint density at radius 2 is 2.10 bits per heavy atom. The van der Waals surface area contributed by atoms with Crippen LogP contribution in [0.3, 0.4) is 0 Å². The van der Waals surface area contributed by atoms with E-state index in [4.69, 9.17) is 0 Å². The standard InChI is InChI=1S/C14H13N3O3S/c1-10-6-7-21-13(10)9-15-16-14(18)8-11-2-4-12(5-3-11)17(19)20/h2-7,9H,8H2,1H3,(H,16,18)/b15-9-. The van der Waals surface area contributed by atoms with Gasteiger partial charge >= 0.3 is 0 Å². The summed E-state index contributed by atoms with van der Waals surface area (Å²) in [7, 11) is 0. The molecule has 1 aromatic carbocycles. The summed E-state index contributed by atoms with van der Waals surface area (Å²) in [6.07, 6.45) is 1.73. The Hall–Kier alpha value is -2.54. The van der Waals surface area contributed by atoms with Crippen LogP contribution in [0, 0.1) is 17.0 Å². The lowest BCUT2D eigenvalue weighted by atomic mass is 10.1. The highest BCUT2D eigenvalue weighted by Gasteiger charge is 2.06. The van der Waals surface area contributed by atoms with Crippen molar-refractivity contribution in [3.63, 3.8) is 0 Å². The molecular formula is C14H13N3O3S. The molecule has 0 spiro atoms. The second-order valence-corrected chi connectivity index (χ2v) is 5.31. The molecule has 21 heavy (non-hydrogen) atoms. The number of hydrogen-bond donors (Lipinski definition) is 1. The lowest BCUT2D eigenvalue weighted by Crippen LogP contribution is -2.19. The number of nitro groups is 1. The number of amides is 1. The van der Waals surface area contributed by atoms with Crippen molar-refractivity contribution in [1.82, 2.24) is 5.43 Å². The third-order valence-corrected chi connectivity index (χ3v) is 3.74. The monoisotopic (exact) mass is 303 g/mol. The molecular weight excluding hydrogens is 290 g/mol. The maximum absolute atomic E-state index is 11.7. The van der Waals surface area contributed by atoms with E-state index in [2.05, 4.69) is 10.5 Å². The highest BCUT2D eigenvalue weighted by atomic mass is 32.1. The molecule has 0 saturated carbocycles. The van der Waals surface area contributed by atoms with Crippen LogP contribution in [0.15, 0.2) is 40.8 Å². The summed E-state index contributed by atoms with van der Waals surface area (Å²) in [6.45, 7) is 1.97. The Morgan fingerprint density at radius 1 is 1.38 bits per heavy atom. The van der Waals surface area contributed by atoms with E-state index in [0.29, 0.717) is 5.56 Å². The summed E-state index contributed by atoms with van der Waals surface area (Å²) in [5, 5.41) is 16.4. The van der Waals surface area contributed by atoms with Gasteiger partial charge in [-0.1, -0.05) is 12.1 Å². The van der Waals surface area contributed by atoms with Crippen LogP contribution < -0.4 is 5.43 Å². The van der Waals surface area contributed by atoms with Gasteiger partial charge in [-0.2, -0.15) is 5.10 Å². The Bertz CT molecular complexity index is 677. The minimum Gasteiger partial charge on any atom is -0.273 e. The van der Waals surface area contributed by atoms with Crippen molar-refractivity contribution in [1.29, 1.82) is 0 Å². The third-order valence-electron chi connectivity index (χ3n) is 2.78. The van der Waals surface area contributed by atoms with Crippen molar-refractivity contribution in [3.05, 3.63) is 61.8 Å². The third kappa shape index (κ3) is 4.22.